The maximum atomic E-state index is 11.6. The largest absolute Gasteiger partial charge is 0.481 e. The Bertz CT molecular complexity index is 619. The van der Waals surface area contributed by atoms with Gasteiger partial charge in [0, 0.05) is 0 Å². The zero-order valence-electron chi connectivity index (χ0n) is 15.0. The minimum absolute atomic E-state index is 0.433. The molecule has 0 radical (unpaired) electrons. The Kier molecular flexibility index (Phi) is 8.03. The monoisotopic (exact) mass is 340 g/mol. The van der Waals surface area contributed by atoms with Crippen molar-refractivity contribution in [3.8, 4) is 11.5 Å². The van der Waals surface area contributed by atoms with Crippen molar-refractivity contribution >= 4 is 5.97 Å². The van der Waals surface area contributed by atoms with Gasteiger partial charge in [0.05, 0.1) is 5.92 Å². The van der Waals surface area contributed by atoms with Crippen LogP contribution in [0.15, 0.2) is 54.6 Å². The zero-order chi connectivity index (χ0) is 17.9. The van der Waals surface area contributed by atoms with E-state index in [1.54, 1.807) is 0 Å². The summed E-state index contributed by atoms with van der Waals surface area (Å²) in [5, 5.41) is 9.54. The Hall–Kier alpha value is -2.29. The van der Waals surface area contributed by atoms with Gasteiger partial charge in [-0.3, -0.25) is 4.79 Å². The highest BCUT2D eigenvalue weighted by atomic mass is 16.5. The molecular weight excluding hydrogens is 312 g/mol. The minimum Gasteiger partial charge on any atom is -0.481 e. The predicted octanol–water partition coefficient (Wildman–Crippen LogP) is 6.40. The lowest BCUT2D eigenvalue weighted by Crippen LogP contribution is -2.11. The summed E-state index contributed by atoms with van der Waals surface area (Å²) in [7, 11) is 0. The van der Waals surface area contributed by atoms with E-state index in [4.69, 9.17) is 4.74 Å². The molecule has 2 rings (SSSR count). The van der Waals surface area contributed by atoms with Crippen LogP contribution in [0.1, 0.15) is 63.4 Å². The summed E-state index contributed by atoms with van der Waals surface area (Å²) < 4.78 is 5.76. The van der Waals surface area contributed by atoms with Crippen molar-refractivity contribution in [1.82, 2.24) is 0 Å². The van der Waals surface area contributed by atoms with Crippen LogP contribution in [-0.4, -0.2) is 11.1 Å². The Labute approximate surface area is 150 Å². The first kappa shape index (κ1) is 19.0. The van der Waals surface area contributed by atoms with E-state index in [0.29, 0.717) is 6.42 Å². The Morgan fingerprint density at radius 1 is 0.880 bits per heavy atom. The van der Waals surface area contributed by atoms with Gasteiger partial charge in [0.25, 0.3) is 0 Å². The van der Waals surface area contributed by atoms with E-state index in [-0.39, 0.29) is 0 Å². The van der Waals surface area contributed by atoms with Crippen molar-refractivity contribution in [1.29, 1.82) is 0 Å². The first-order chi connectivity index (χ1) is 12.2. The molecule has 0 aromatic heterocycles. The molecule has 0 bridgehead atoms. The number of para-hydroxylation sites is 1. The second kappa shape index (κ2) is 10.5. The number of hydrogen-bond donors (Lipinski definition) is 1. The standard InChI is InChI=1S/C22H28O3/c1-2-3-4-5-6-10-13-21(22(23)24)18-14-16-20(17-15-18)25-19-11-8-7-9-12-19/h7-9,11-12,14-17,21H,2-6,10,13H2,1H3,(H,23,24). The van der Waals surface area contributed by atoms with Gasteiger partial charge in [-0.25, -0.2) is 0 Å². The first-order valence-electron chi connectivity index (χ1n) is 9.26. The molecule has 134 valence electrons. The van der Waals surface area contributed by atoms with Crippen LogP contribution in [0.3, 0.4) is 0 Å². The molecule has 1 atom stereocenters. The van der Waals surface area contributed by atoms with Gasteiger partial charge in [0.1, 0.15) is 11.5 Å². The van der Waals surface area contributed by atoms with E-state index >= 15 is 0 Å². The Morgan fingerprint density at radius 2 is 1.48 bits per heavy atom. The molecule has 0 heterocycles. The average Bonchev–Trinajstić information content (AvgIpc) is 2.63. The SMILES string of the molecule is CCCCCCCCC(C(=O)O)c1ccc(Oc2ccccc2)cc1. The summed E-state index contributed by atoms with van der Waals surface area (Å²) in [6, 6.07) is 17.0. The van der Waals surface area contributed by atoms with E-state index < -0.39 is 11.9 Å². The lowest BCUT2D eigenvalue weighted by atomic mass is 9.93. The molecule has 0 spiro atoms. The molecule has 1 unspecified atom stereocenters. The molecule has 0 aliphatic carbocycles. The molecule has 1 N–H and O–H groups in total. The number of hydrogen-bond acceptors (Lipinski definition) is 2. The molecule has 0 aliphatic rings. The molecule has 2 aromatic carbocycles. The molecule has 0 saturated carbocycles. The maximum absolute atomic E-state index is 11.6. The maximum Gasteiger partial charge on any atom is 0.310 e. The fraction of sp³-hybridized carbons (Fsp3) is 0.409. The smallest absolute Gasteiger partial charge is 0.310 e. The second-order valence-electron chi connectivity index (χ2n) is 6.43. The minimum atomic E-state index is -0.745. The van der Waals surface area contributed by atoms with Gasteiger partial charge < -0.3 is 9.84 Å². The molecule has 25 heavy (non-hydrogen) atoms. The Balaban J connectivity index is 1.89. The third-order valence-corrected chi connectivity index (χ3v) is 4.41. The quantitative estimate of drug-likeness (QED) is 0.482. The second-order valence-corrected chi connectivity index (χ2v) is 6.43. The molecule has 0 saturated heterocycles. The van der Waals surface area contributed by atoms with Crippen molar-refractivity contribution in [3.63, 3.8) is 0 Å². The predicted molar refractivity (Wildman–Crippen MR) is 101 cm³/mol. The summed E-state index contributed by atoms with van der Waals surface area (Å²) >= 11 is 0. The van der Waals surface area contributed by atoms with Crippen molar-refractivity contribution in [2.45, 2.75) is 57.8 Å². The van der Waals surface area contributed by atoms with E-state index in [9.17, 15) is 9.90 Å². The van der Waals surface area contributed by atoms with Crippen molar-refractivity contribution in [3.05, 3.63) is 60.2 Å². The zero-order valence-corrected chi connectivity index (χ0v) is 15.0. The topological polar surface area (TPSA) is 46.5 Å². The normalized spacial score (nSPS) is 11.9. The van der Waals surface area contributed by atoms with Crippen LogP contribution in [0.5, 0.6) is 11.5 Å². The van der Waals surface area contributed by atoms with E-state index in [1.165, 1.54) is 25.7 Å². The fourth-order valence-electron chi connectivity index (χ4n) is 2.95. The molecule has 3 nitrogen and oxygen atoms in total. The number of carbonyl (C=O) groups is 1. The van der Waals surface area contributed by atoms with Gasteiger partial charge in [0.2, 0.25) is 0 Å². The highest BCUT2D eigenvalue weighted by Gasteiger charge is 2.19. The number of unbranched alkanes of at least 4 members (excludes halogenated alkanes) is 5. The molecule has 3 heteroatoms. The third kappa shape index (κ3) is 6.61. The number of carboxylic acid groups (broad SMARTS) is 1. The summed E-state index contributed by atoms with van der Waals surface area (Å²) in [5.41, 5.74) is 0.849. The van der Waals surface area contributed by atoms with Crippen molar-refractivity contribution in [2.24, 2.45) is 0 Å². The van der Waals surface area contributed by atoms with Gasteiger partial charge in [-0.2, -0.15) is 0 Å². The average molecular weight is 340 g/mol. The van der Waals surface area contributed by atoms with Crippen molar-refractivity contribution < 1.29 is 14.6 Å². The van der Waals surface area contributed by atoms with Gasteiger partial charge in [-0.1, -0.05) is 75.8 Å². The van der Waals surface area contributed by atoms with Gasteiger partial charge in [-0.15, -0.1) is 0 Å². The van der Waals surface area contributed by atoms with Crippen molar-refractivity contribution in [2.75, 3.05) is 0 Å². The van der Waals surface area contributed by atoms with Gasteiger partial charge >= 0.3 is 5.97 Å². The summed E-state index contributed by atoms with van der Waals surface area (Å²) in [6.07, 6.45) is 7.71. The van der Waals surface area contributed by atoms with Crippen LogP contribution < -0.4 is 4.74 Å². The fourth-order valence-corrected chi connectivity index (χ4v) is 2.95. The molecule has 0 amide bonds. The number of benzene rings is 2. The van der Waals surface area contributed by atoms with Gasteiger partial charge in [-0.05, 0) is 36.2 Å². The van der Waals surface area contributed by atoms with Crippen LogP contribution >= 0.6 is 0 Å². The molecule has 0 aliphatic heterocycles. The van der Waals surface area contributed by atoms with Crippen LogP contribution in [-0.2, 0) is 4.79 Å². The van der Waals surface area contributed by atoms with E-state index in [2.05, 4.69) is 6.92 Å². The highest BCUT2D eigenvalue weighted by molar-refractivity contribution is 5.76. The summed E-state index contributed by atoms with van der Waals surface area (Å²) in [6.45, 7) is 2.20. The van der Waals surface area contributed by atoms with Crippen LogP contribution in [0, 0.1) is 0 Å². The first-order valence-corrected chi connectivity index (χ1v) is 9.26. The van der Waals surface area contributed by atoms with Crippen LogP contribution in [0.25, 0.3) is 0 Å². The Morgan fingerprint density at radius 3 is 2.12 bits per heavy atom. The lowest BCUT2D eigenvalue weighted by Gasteiger charge is -2.13. The number of rotatable bonds is 11. The number of aliphatic carboxylic acids is 1. The number of carboxylic acids is 1. The van der Waals surface area contributed by atoms with Gasteiger partial charge in [0.15, 0.2) is 0 Å². The third-order valence-electron chi connectivity index (χ3n) is 4.41. The lowest BCUT2D eigenvalue weighted by molar-refractivity contribution is -0.139. The van der Waals surface area contributed by atoms with E-state index in [1.807, 2.05) is 54.6 Å². The summed E-state index contributed by atoms with van der Waals surface area (Å²) in [5.74, 6) is 0.318. The number of ether oxygens (including phenoxy) is 1. The summed E-state index contributed by atoms with van der Waals surface area (Å²) in [4.78, 5) is 11.6. The van der Waals surface area contributed by atoms with Crippen LogP contribution in [0.4, 0.5) is 0 Å². The van der Waals surface area contributed by atoms with E-state index in [0.717, 1.165) is 29.9 Å². The molecular formula is C22H28O3. The highest BCUT2D eigenvalue weighted by Crippen LogP contribution is 2.27. The van der Waals surface area contributed by atoms with Crippen LogP contribution in [0.2, 0.25) is 0 Å². The molecule has 2 aromatic rings. The molecule has 0 fully saturated rings.